The molecule has 0 radical (unpaired) electrons. The van der Waals surface area contributed by atoms with Crippen molar-refractivity contribution in [2.24, 2.45) is 0 Å². The van der Waals surface area contributed by atoms with E-state index in [1.807, 2.05) is 47.6 Å². The zero-order valence-corrected chi connectivity index (χ0v) is 14.6. The molecule has 3 rings (SSSR count). The summed E-state index contributed by atoms with van der Waals surface area (Å²) in [6.45, 7) is 11.7. The van der Waals surface area contributed by atoms with Crippen molar-refractivity contribution in [2.45, 2.75) is 65.2 Å². The Bertz CT molecular complexity index is 656. The third-order valence-electron chi connectivity index (χ3n) is 5.09. The molecule has 1 saturated heterocycles. The molecule has 0 spiro atoms. The van der Waals surface area contributed by atoms with Crippen LogP contribution in [0.15, 0.2) is 12.1 Å². The zero-order valence-electron chi connectivity index (χ0n) is 14.6. The van der Waals surface area contributed by atoms with E-state index in [9.17, 15) is 9.18 Å². The van der Waals surface area contributed by atoms with Gasteiger partial charge < -0.3 is 14.2 Å². The second-order valence-corrected chi connectivity index (χ2v) is 7.62. The molecule has 1 fully saturated rings. The molecule has 0 aliphatic carbocycles. The van der Waals surface area contributed by atoms with Crippen molar-refractivity contribution in [1.82, 2.24) is 0 Å². The highest BCUT2D eigenvalue weighted by Crippen LogP contribution is 2.38. The number of halogens is 1. The average molecular weight is 319 g/mol. The molecule has 0 saturated carbocycles. The van der Waals surface area contributed by atoms with Gasteiger partial charge in [0.05, 0.1) is 23.3 Å². The Morgan fingerprint density at radius 2 is 1.74 bits per heavy atom. The van der Waals surface area contributed by atoms with Crippen LogP contribution in [0.5, 0.6) is 0 Å². The Hall–Kier alpha value is -1.40. The average Bonchev–Trinajstić information content (AvgIpc) is 2.83. The van der Waals surface area contributed by atoms with Gasteiger partial charge >= 0.3 is 7.12 Å². The molecule has 6 heteroatoms. The van der Waals surface area contributed by atoms with Crippen molar-refractivity contribution in [2.75, 3.05) is 4.90 Å². The topological polar surface area (TPSA) is 38.8 Å². The van der Waals surface area contributed by atoms with Crippen molar-refractivity contribution in [3.63, 3.8) is 0 Å². The number of rotatable bonds is 2. The Labute approximate surface area is 137 Å². The van der Waals surface area contributed by atoms with Crippen LogP contribution < -0.4 is 10.4 Å². The second-order valence-electron chi connectivity index (χ2n) is 7.62. The lowest BCUT2D eigenvalue weighted by Crippen LogP contribution is -2.41. The van der Waals surface area contributed by atoms with Gasteiger partial charge in [-0.2, -0.15) is 0 Å². The van der Waals surface area contributed by atoms with Crippen LogP contribution >= 0.6 is 0 Å². The summed E-state index contributed by atoms with van der Waals surface area (Å²) in [6, 6.07) is 3.24. The van der Waals surface area contributed by atoms with Crippen molar-refractivity contribution < 1.29 is 18.5 Å². The van der Waals surface area contributed by atoms with Gasteiger partial charge in [-0.05, 0) is 59.1 Å². The molecule has 2 aliphatic rings. The Morgan fingerprint density at radius 1 is 1.17 bits per heavy atom. The van der Waals surface area contributed by atoms with E-state index in [-0.39, 0.29) is 24.2 Å². The van der Waals surface area contributed by atoms with Gasteiger partial charge in [0, 0.05) is 11.6 Å². The second kappa shape index (κ2) is 5.05. The summed E-state index contributed by atoms with van der Waals surface area (Å²) in [6.07, 6.45) is 0.114. The monoisotopic (exact) mass is 319 g/mol. The van der Waals surface area contributed by atoms with E-state index in [1.165, 1.54) is 6.07 Å². The number of hydrogen-bond acceptors (Lipinski definition) is 3. The fourth-order valence-corrected chi connectivity index (χ4v) is 3.08. The molecule has 1 amide bonds. The first-order chi connectivity index (χ1) is 10.5. The minimum Gasteiger partial charge on any atom is -0.399 e. The van der Waals surface area contributed by atoms with Crippen LogP contribution in [-0.2, 0) is 20.5 Å². The van der Waals surface area contributed by atoms with Crippen molar-refractivity contribution in [3.8, 4) is 0 Å². The maximum absolute atomic E-state index is 14.5. The first-order valence-corrected chi connectivity index (χ1v) is 8.03. The molecule has 0 aromatic heterocycles. The first kappa shape index (κ1) is 16.5. The molecule has 1 aromatic rings. The van der Waals surface area contributed by atoms with Gasteiger partial charge in [0.15, 0.2) is 0 Å². The molecule has 0 N–H and O–H groups in total. The number of fused-ring (bicyclic) bond motifs is 1. The third kappa shape index (κ3) is 2.48. The van der Waals surface area contributed by atoms with Gasteiger partial charge in [-0.1, -0.05) is 0 Å². The summed E-state index contributed by atoms with van der Waals surface area (Å²) >= 11 is 0. The van der Waals surface area contributed by atoms with Gasteiger partial charge in [-0.25, -0.2) is 4.39 Å². The van der Waals surface area contributed by atoms with E-state index in [1.54, 1.807) is 4.90 Å². The number of anilines is 1. The number of nitrogens with zero attached hydrogens (tertiary/aromatic N) is 1. The summed E-state index contributed by atoms with van der Waals surface area (Å²) in [5.74, 6) is -0.441. The fourth-order valence-electron chi connectivity index (χ4n) is 3.08. The normalized spacial score (nSPS) is 22.2. The standard InChI is InChI=1S/C17H23BFNO3/c1-10(2)20-14-8-11(7-13(19)12(14)9-15(20)21)18-22-16(3,4)17(5,6)23-18/h7-8,10H,9H2,1-6H3. The third-order valence-corrected chi connectivity index (χ3v) is 5.09. The van der Waals surface area contributed by atoms with E-state index in [0.717, 1.165) is 0 Å². The summed E-state index contributed by atoms with van der Waals surface area (Å²) in [7, 11) is -0.635. The number of carbonyl (C=O) groups is 1. The highest BCUT2D eigenvalue weighted by molar-refractivity contribution is 6.62. The zero-order chi connectivity index (χ0) is 17.2. The van der Waals surface area contributed by atoms with Crippen molar-refractivity contribution >= 4 is 24.2 Å². The highest BCUT2D eigenvalue weighted by atomic mass is 19.1. The van der Waals surface area contributed by atoms with E-state index in [2.05, 4.69) is 0 Å². The molecule has 2 heterocycles. The number of hydrogen-bond donors (Lipinski definition) is 0. The van der Waals surface area contributed by atoms with Crippen LogP contribution in [-0.4, -0.2) is 30.3 Å². The fraction of sp³-hybridized carbons (Fsp3) is 0.588. The quantitative estimate of drug-likeness (QED) is 0.786. The Balaban J connectivity index is 2.02. The summed E-state index contributed by atoms with van der Waals surface area (Å²) in [4.78, 5) is 13.8. The predicted molar refractivity (Wildman–Crippen MR) is 88.4 cm³/mol. The minimum absolute atomic E-state index is 0.0169. The number of amides is 1. The van der Waals surface area contributed by atoms with Crippen LogP contribution in [0, 0.1) is 5.82 Å². The molecule has 2 aliphatic heterocycles. The van der Waals surface area contributed by atoms with E-state index in [0.29, 0.717) is 16.7 Å². The molecule has 4 nitrogen and oxygen atoms in total. The van der Waals surface area contributed by atoms with Crippen molar-refractivity contribution in [1.29, 1.82) is 0 Å². The lowest BCUT2D eigenvalue weighted by molar-refractivity contribution is -0.117. The molecular formula is C17H23BFNO3. The lowest BCUT2D eigenvalue weighted by Gasteiger charge is -2.32. The minimum atomic E-state index is -0.635. The highest BCUT2D eigenvalue weighted by Gasteiger charge is 2.52. The van der Waals surface area contributed by atoms with E-state index in [4.69, 9.17) is 9.31 Å². The van der Waals surface area contributed by atoms with E-state index < -0.39 is 18.3 Å². The molecule has 0 atom stereocenters. The lowest BCUT2D eigenvalue weighted by atomic mass is 9.78. The Kier molecular flexibility index (Phi) is 3.61. The van der Waals surface area contributed by atoms with Crippen LogP contribution in [0.4, 0.5) is 10.1 Å². The summed E-state index contributed by atoms with van der Waals surface area (Å²) in [5, 5.41) is 0. The smallest absolute Gasteiger partial charge is 0.399 e. The first-order valence-electron chi connectivity index (χ1n) is 8.03. The van der Waals surface area contributed by atoms with Gasteiger partial charge in [0.25, 0.3) is 0 Å². The SMILES string of the molecule is CC(C)N1C(=O)Cc2c(F)cc(B3OC(C)(C)C(C)(C)O3)cc21. The van der Waals surface area contributed by atoms with Gasteiger partial charge in [-0.3, -0.25) is 4.79 Å². The molecule has 23 heavy (non-hydrogen) atoms. The van der Waals surface area contributed by atoms with Crippen molar-refractivity contribution in [3.05, 3.63) is 23.5 Å². The van der Waals surface area contributed by atoms with Gasteiger partial charge in [0.2, 0.25) is 5.91 Å². The predicted octanol–water partition coefficient (Wildman–Crippen LogP) is 2.42. The van der Waals surface area contributed by atoms with Gasteiger partial charge in [-0.15, -0.1) is 0 Å². The maximum Gasteiger partial charge on any atom is 0.495 e. The van der Waals surface area contributed by atoms with Crippen LogP contribution in [0.2, 0.25) is 0 Å². The molecule has 124 valence electrons. The Morgan fingerprint density at radius 3 is 2.26 bits per heavy atom. The molecule has 0 unspecified atom stereocenters. The van der Waals surface area contributed by atoms with Crippen LogP contribution in [0.3, 0.4) is 0 Å². The summed E-state index contributed by atoms with van der Waals surface area (Å²) < 4.78 is 26.5. The van der Waals surface area contributed by atoms with Crippen LogP contribution in [0.1, 0.15) is 47.1 Å². The number of benzene rings is 1. The maximum atomic E-state index is 14.5. The molecule has 1 aromatic carbocycles. The molecular weight excluding hydrogens is 296 g/mol. The summed E-state index contributed by atoms with van der Waals surface area (Å²) in [5.41, 5.74) is 0.737. The van der Waals surface area contributed by atoms with Gasteiger partial charge in [0.1, 0.15) is 5.82 Å². The number of carbonyl (C=O) groups excluding carboxylic acids is 1. The van der Waals surface area contributed by atoms with E-state index >= 15 is 0 Å². The largest absolute Gasteiger partial charge is 0.495 e. The van der Waals surface area contributed by atoms with Crippen LogP contribution in [0.25, 0.3) is 0 Å². The molecule has 0 bridgehead atoms.